The monoisotopic (exact) mass is 1050 g/mol. The lowest BCUT2D eigenvalue weighted by Gasteiger charge is -2.65. The molecule has 79 heavy (non-hydrogen) atoms. The zero-order chi connectivity index (χ0) is 54.4. The SMILES string of the molecule is CC(C)c1cc(C(C)C)c(C2CC3NNN4C5CC(c6c7ccccc7c(-c7cccc8ccccc78)c7ccccc67)CC6C5B(C(C2)C34)C2CC(c3c(C(C)C)cc(C(C)C)cc3C(C)C)CC3NNN6C32)c(C(C)C)c1. The summed E-state index contributed by atoms with van der Waals surface area (Å²) >= 11 is 0. The van der Waals surface area contributed by atoms with Gasteiger partial charge >= 0.3 is 0 Å². The summed E-state index contributed by atoms with van der Waals surface area (Å²) in [7, 11) is 0. The molecule has 4 N–H and O–H groups in total. The second-order valence-corrected chi connectivity index (χ2v) is 28.2. The zero-order valence-corrected chi connectivity index (χ0v) is 49.6. The summed E-state index contributed by atoms with van der Waals surface area (Å²) in [4.78, 5) is 0. The third-order valence-electron chi connectivity index (χ3n) is 22.0. The maximum Gasteiger partial charge on any atom is 0.157 e. The van der Waals surface area contributed by atoms with Gasteiger partial charge in [-0.15, -0.1) is 0 Å². The molecule has 7 aromatic rings. The zero-order valence-electron chi connectivity index (χ0n) is 49.6. The van der Waals surface area contributed by atoms with Crippen LogP contribution in [0.4, 0.5) is 0 Å². The van der Waals surface area contributed by atoms with Gasteiger partial charge < -0.3 is 0 Å². The van der Waals surface area contributed by atoms with Gasteiger partial charge in [0.2, 0.25) is 0 Å². The largest absolute Gasteiger partial charge is 0.239 e. The Labute approximate surface area is 473 Å². The van der Waals surface area contributed by atoms with Crippen LogP contribution in [0.3, 0.4) is 0 Å². The lowest BCUT2D eigenvalue weighted by Crippen LogP contribution is -2.73. The summed E-state index contributed by atoms with van der Waals surface area (Å²) in [5.74, 6) is 5.97. The second-order valence-electron chi connectivity index (χ2n) is 28.2. The summed E-state index contributed by atoms with van der Waals surface area (Å²) in [6.45, 7) is 29.9. The molecule has 4 heterocycles. The van der Waals surface area contributed by atoms with Crippen molar-refractivity contribution in [2.75, 3.05) is 0 Å². The van der Waals surface area contributed by atoms with Crippen LogP contribution >= 0.6 is 0 Å². The normalized spacial score (nSPS) is 29.6. The van der Waals surface area contributed by atoms with E-state index in [0.29, 0.717) is 114 Å². The number of fused-ring (bicyclic) bond motifs is 7. The van der Waals surface area contributed by atoms with Crippen LogP contribution in [0.1, 0.15) is 225 Å². The lowest BCUT2D eigenvalue weighted by molar-refractivity contribution is -0.0244. The summed E-state index contributed by atoms with van der Waals surface area (Å²) in [6, 6.07) is 47.9. The fourth-order valence-electron chi connectivity index (χ4n) is 18.8. The van der Waals surface area contributed by atoms with Crippen molar-refractivity contribution in [2.45, 2.75) is 229 Å². The number of hydrogen-bond acceptors (Lipinski definition) is 6. The first-order valence-corrected chi connectivity index (χ1v) is 31.5. The summed E-state index contributed by atoms with van der Waals surface area (Å²) in [5, 5.41) is 14.0. The van der Waals surface area contributed by atoms with Gasteiger partial charge in [0, 0.05) is 36.3 Å². The number of benzene rings is 7. The number of nitrogens with one attached hydrogen (secondary N) is 4. The molecule has 3 saturated carbocycles. The highest BCUT2D eigenvalue weighted by Crippen LogP contribution is 2.66. The molecule has 4 aliphatic heterocycles. The van der Waals surface area contributed by atoms with E-state index in [9.17, 15) is 0 Å². The average molecular weight is 1050 g/mol. The standard InChI is InChI=1S/C72H89BN6/c1-38(2)45-28-56(40(5)6)67(57(29-45)41(7)8)47-32-60-71-62(34-47)74-76-78(71)64-36-49(66-52-23-15-17-25-54(52)69(55-26-18-16-24-53(55)66)51-27-19-21-44-20-13-14-22-50(44)51)37-65-70(64)73(60)61-33-48(35-63-72(61)79(65)77-75-63)68-58(42(9)10)30-46(39(3)4)31-59(68)43(11)12/h13-31,38-43,47-49,60-65,70-72,74-77H,32-37H2,1-12H3. The van der Waals surface area contributed by atoms with Crippen LogP contribution in [-0.2, 0) is 0 Å². The highest BCUT2D eigenvalue weighted by molar-refractivity contribution is 6.65. The van der Waals surface area contributed by atoms with E-state index in [1.807, 2.05) is 0 Å². The van der Waals surface area contributed by atoms with Crippen molar-refractivity contribution in [1.29, 1.82) is 0 Å². The Balaban J connectivity index is 0.936. The number of hydrazine groups is 4. The Morgan fingerprint density at radius 2 is 0.797 bits per heavy atom. The molecule has 4 saturated heterocycles. The summed E-state index contributed by atoms with van der Waals surface area (Å²) in [5.41, 5.74) is 33.7. The molecular formula is C72H89BN6. The van der Waals surface area contributed by atoms with E-state index in [-0.39, 0.29) is 0 Å². The van der Waals surface area contributed by atoms with E-state index in [1.54, 1.807) is 38.9 Å². The molecule has 14 rings (SSSR count). The van der Waals surface area contributed by atoms with Gasteiger partial charge in [0.05, 0.1) is 0 Å². The van der Waals surface area contributed by atoms with E-state index in [4.69, 9.17) is 0 Å². The average Bonchev–Trinajstić information content (AvgIpc) is 4.33. The van der Waals surface area contributed by atoms with Gasteiger partial charge in [-0.25, -0.2) is 20.9 Å². The van der Waals surface area contributed by atoms with Crippen LogP contribution in [0.15, 0.2) is 115 Å². The van der Waals surface area contributed by atoms with Crippen molar-refractivity contribution < 1.29 is 0 Å². The van der Waals surface area contributed by atoms with Crippen molar-refractivity contribution in [3.05, 3.63) is 165 Å². The van der Waals surface area contributed by atoms with Gasteiger partial charge in [-0.1, -0.05) is 198 Å². The molecule has 3 aliphatic carbocycles. The lowest BCUT2D eigenvalue weighted by atomic mass is 9.18. The highest BCUT2D eigenvalue weighted by Gasteiger charge is 2.69. The maximum atomic E-state index is 4.15. The van der Waals surface area contributed by atoms with Crippen molar-refractivity contribution in [1.82, 2.24) is 31.9 Å². The predicted octanol–water partition coefficient (Wildman–Crippen LogP) is 17.1. The fourth-order valence-corrected chi connectivity index (χ4v) is 18.8. The first kappa shape index (κ1) is 52.2. The predicted molar refractivity (Wildman–Crippen MR) is 334 cm³/mol. The van der Waals surface area contributed by atoms with Crippen LogP contribution in [0.5, 0.6) is 0 Å². The Hall–Kier alpha value is -4.86. The fraction of sp³-hybridized carbons (Fsp3) is 0.500. The van der Waals surface area contributed by atoms with Gasteiger partial charge in [0.1, 0.15) is 0 Å². The van der Waals surface area contributed by atoms with Gasteiger partial charge in [0.25, 0.3) is 0 Å². The molecule has 10 atom stereocenters. The summed E-state index contributed by atoms with van der Waals surface area (Å²) < 4.78 is 0. The van der Waals surface area contributed by atoms with Crippen molar-refractivity contribution in [2.24, 2.45) is 0 Å². The van der Waals surface area contributed by atoms with Crippen LogP contribution in [0, 0.1) is 0 Å². The van der Waals surface area contributed by atoms with Crippen LogP contribution < -0.4 is 21.9 Å². The third kappa shape index (κ3) is 8.23. The first-order valence-electron chi connectivity index (χ1n) is 31.5. The molecule has 6 nitrogen and oxygen atoms in total. The quantitative estimate of drug-likeness (QED) is 0.0809. The smallest absolute Gasteiger partial charge is 0.157 e. The Morgan fingerprint density at radius 3 is 1.23 bits per heavy atom. The minimum Gasteiger partial charge on any atom is -0.239 e. The molecule has 0 aromatic heterocycles. The van der Waals surface area contributed by atoms with Crippen LogP contribution in [0.2, 0.25) is 17.5 Å². The molecule has 0 amide bonds. The molecule has 0 spiro atoms. The van der Waals surface area contributed by atoms with Crippen LogP contribution in [0.25, 0.3) is 43.4 Å². The van der Waals surface area contributed by atoms with E-state index in [1.165, 1.54) is 80.3 Å². The first-order chi connectivity index (χ1) is 38.2. The number of rotatable bonds is 10. The molecule has 7 fully saturated rings. The van der Waals surface area contributed by atoms with E-state index in [2.05, 4.69) is 230 Å². The minimum atomic E-state index is 0.370. The third-order valence-corrected chi connectivity index (χ3v) is 22.0. The van der Waals surface area contributed by atoms with Gasteiger partial charge in [0.15, 0.2) is 6.71 Å². The van der Waals surface area contributed by atoms with Crippen molar-refractivity contribution in [3.63, 3.8) is 0 Å². The molecular weight excluding hydrogens is 960 g/mol. The highest BCUT2D eigenvalue weighted by atomic mass is 15.8. The maximum absolute atomic E-state index is 4.15. The van der Waals surface area contributed by atoms with Gasteiger partial charge in [-0.3, -0.25) is 0 Å². The van der Waals surface area contributed by atoms with Gasteiger partial charge in [-0.2, -0.15) is 11.1 Å². The Morgan fingerprint density at radius 1 is 0.405 bits per heavy atom. The van der Waals surface area contributed by atoms with E-state index >= 15 is 0 Å². The number of nitrogens with zero attached hydrogens (tertiary/aromatic N) is 2. The molecule has 0 bridgehead atoms. The minimum absolute atomic E-state index is 0.370. The molecule has 10 unspecified atom stereocenters. The Bertz CT molecular complexity index is 3240. The topological polar surface area (TPSA) is 54.6 Å². The molecule has 0 radical (unpaired) electrons. The summed E-state index contributed by atoms with van der Waals surface area (Å²) in [6.07, 6.45) is 7.20. The number of hydrogen-bond donors (Lipinski definition) is 4. The van der Waals surface area contributed by atoms with Crippen molar-refractivity contribution >= 4 is 39.0 Å². The molecule has 7 aliphatic rings. The van der Waals surface area contributed by atoms with Crippen LogP contribution in [-0.4, -0.2) is 53.0 Å². The van der Waals surface area contributed by atoms with Gasteiger partial charge in [-0.05, 0) is 203 Å². The second kappa shape index (κ2) is 19.9. The molecule has 410 valence electrons. The van der Waals surface area contributed by atoms with E-state index in [0.717, 1.165) is 12.8 Å². The molecule has 7 heteroatoms. The van der Waals surface area contributed by atoms with E-state index < -0.39 is 0 Å². The molecule has 7 aromatic carbocycles. The Kier molecular flexibility index (Phi) is 13.2. The van der Waals surface area contributed by atoms with Crippen molar-refractivity contribution in [3.8, 4) is 11.1 Å².